The van der Waals surface area contributed by atoms with Crippen molar-refractivity contribution in [2.45, 2.75) is 6.18 Å². The van der Waals surface area contributed by atoms with Crippen molar-refractivity contribution >= 4 is 6.41 Å². The normalized spacial score (nSPS) is 11.5. The molecule has 0 unspecified atom stereocenters. The molecule has 1 aromatic rings. The fourth-order valence-corrected chi connectivity index (χ4v) is 0.548. The summed E-state index contributed by atoms with van der Waals surface area (Å²) in [7, 11) is 0. The second-order valence-corrected chi connectivity index (χ2v) is 1.78. The monoisotopic (exact) mass is 164 g/mol. The van der Waals surface area contributed by atoms with Crippen LogP contribution in [0.5, 0.6) is 0 Å². The molecule has 0 amide bonds. The molecule has 3 nitrogen and oxygen atoms in total. The molecule has 0 aromatic carbocycles. The van der Waals surface area contributed by atoms with Crippen LogP contribution in [-0.2, 0) is 11.0 Å². The van der Waals surface area contributed by atoms with Crippen molar-refractivity contribution in [3.8, 4) is 0 Å². The summed E-state index contributed by atoms with van der Waals surface area (Å²) in [6, 6.07) is 0.731. The van der Waals surface area contributed by atoms with Gasteiger partial charge in [0.1, 0.15) is 0 Å². The summed E-state index contributed by atoms with van der Waals surface area (Å²) in [4.78, 5) is 9.88. The molecule has 0 saturated carbocycles. The van der Waals surface area contributed by atoms with E-state index in [4.69, 9.17) is 0 Å². The molecule has 1 aromatic heterocycles. The fourth-order valence-electron chi connectivity index (χ4n) is 0.548. The van der Waals surface area contributed by atoms with Gasteiger partial charge in [-0.25, -0.2) is 4.68 Å². The van der Waals surface area contributed by atoms with Crippen LogP contribution in [-0.4, -0.2) is 16.2 Å². The van der Waals surface area contributed by atoms with Crippen LogP contribution in [0, 0.1) is 0 Å². The van der Waals surface area contributed by atoms with Crippen molar-refractivity contribution < 1.29 is 18.0 Å². The zero-order valence-corrected chi connectivity index (χ0v) is 5.17. The van der Waals surface area contributed by atoms with Crippen molar-refractivity contribution in [1.29, 1.82) is 0 Å². The molecule has 0 atom stereocenters. The van der Waals surface area contributed by atoms with Gasteiger partial charge in [0.2, 0.25) is 6.41 Å². The Kier molecular flexibility index (Phi) is 1.67. The lowest BCUT2D eigenvalue weighted by Gasteiger charge is -1.98. The Balaban J connectivity index is 2.98. The van der Waals surface area contributed by atoms with E-state index in [0.717, 1.165) is 12.3 Å². The van der Waals surface area contributed by atoms with Gasteiger partial charge < -0.3 is 0 Å². The zero-order chi connectivity index (χ0) is 8.48. The molecule has 0 radical (unpaired) electrons. The van der Waals surface area contributed by atoms with Gasteiger partial charge in [0.25, 0.3) is 0 Å². The minimum atomic E-state index is -4.48. The second-order valence-electron chi connectivity index (χ2n) is 1.78. The number of alkyl halides is 3. The first-order chi connectivity index (χ1) is 5.04. The Hall–Kier alpha value is -1.33. The van der Waals surface area contributed by atoms with Gasteiger partial charge in [-0.2, -0.15) is 18.3 Å². The largest absolute Gasteiger partial charge is 0.435 e. The highest BCUT2D eigenvalue weighted by Gasteiger charge is 2.33. The minimum Gasteiger partial charge on any atom is -0.276 e. The van der Waals surface area contributed by atoms with E-state index >= 15 is 0 Å². The molecule has 0 aliphatic rings. The summed E-state index contributed by atoms with van der Waals surface area (Å²) < 4.78 is 35.8. The highest BCUT2D eigenvalue weighted by molar-refractivity contribution is 5.50. The van der Waals surface area contributed by atoms with E-state index in [9.17, 15) is 18.0 Å². The zero-order valence-electron chi connectivity index (χ0n) is 5.17. The molecule has 1 rings (SSSR count). The lowest BCUT2D eigenvalue weighted by molar-refractivity contribution is -0.141. The molecule has 6 heteroatoms. The number of rotatable bonds is 1. The SMILES string of the molecule is O=Cn1ccc(C(F)(F)F)n1. The number of carbonyl (C=O) groups is 1. The first-order valence-corrected chi connectivity index (χ1v) is 2.61. The summed E-state index contributed by atoms with van der Waals surface area (Å²) in [6.45, 7) is 0. The van der Waals surface area contributed by atoms with E-state index < -0.39 is 11.9 Å². The third kappa shape index (κ3) is 1.57. The van der Waals surface area contributed by atoms with E-state index in [1.165, 1.54) is 0 Å². The van der Waals surface area contributed by atoms with Gasteiger partial charge in [0.15, 0.2) is 5.69 Å². The summed E-state index contributed by atoms with van der Waals surface area (Å²) in [5.41, 5.74) is -1.07. The first-order valence-electron chi connectivity index (χ1n) is 2.61. The predicted molar refractivity (Wildman–Crippen MR) is 29.4 cm³/mol. The summed E-state index contributed by atoms with van der Waals surface area (Å²) in [5.74, 6) is 0. The summed E-state index contributed by atoms with van der Waals surface area (Å²) >= 11 is 0. The molecular weight excluding hydrogens is 161 g/mol. The Bertz CT molecular complexity index is 265. The topological polar surface area (TPSA) is 34.9 Å². The van der Waals surface area contributed by atoms with Crippen molar-refractivity contribution in [3.63, 3.8) is 0 Å². The average molecular weight is 164 g/mol. The number of aromatic nitrogens is 2. The van der Waals surface area contributed by atoms with Crippen LogP contribution in [0.3, 0.4) is 0 Å². The van der Waals surface area contributed by atoms with Crippen LogP contribution in [0.4, 0.5) is 13.2 Å². The van der Waals surface area contributed by atoms with Crippen LogP contribution < -0.4 is 0 Å². The van der Waals surface area contributed by atoms with Gasteiger partial charge >= 0.3 is 6.18 Å². The van der Waals surface area contributed by atoms with E-state index in [0.29, 0.717) is 4.68 Å². The smallest absolute Gasteiger partial charge is 0.276 e. The summed E-state index contributed by atoms with van der Waals surface area (Å²) in [6.07, 6.45) is -3.35. The van der Waals surface area contributed by atoms with E-state index in [2.05, 4.69) is 5.10 Å². The molecule has 0 aliphatic carbocycles. The number of hydrogen-bond acceptors (Lipinski definition) is 2. The maximum Gasteiger partial charge on any atom is 0.435 e. The van der Waals surface area contributed by atoms with Gasteiger partial charge in [-0.1, -0.05) is 0 Å². The van der Waals surface area contributed by atoms with Crippen LogP contribution in [0.15, 0.2) is 12.3 Å². The number of nitrogens with zero attached hydrogens (tertiary/aromatic N) is 2. The quantitative estimate of drug-likeness (QED) is 0.579. The molecule has 0 saturated heterocycles. The van der Waals surface area contributed by atoms with Crippen LogP contribution >= 0.6 is 0 Å². The number of carbonyl (C=O) groups excluding carboxylic acids is 1. The van der Waals surface area contributed by atoms with E-state index in [-0.39, 0.29) is 6.41 Å². The predicted octanol–water partition coefficient (Wildman–Crippen LogP) is 0.940. The van der Waals surface area contributed by atoms with Gasteiger partial charge in [0.05, 0.1) is 0 Å². The second kappa shape index (κ2) is 2.37. The van der Waals surface area contributed by atoms with Crippen molar-refractivity contribution in [2.24, 2.45) is 0 Å². The Morgan fingerprint density at radius 1 is 1.55 bits per heavy atom. The standard InChI is InChI=1S/C5H3F3N2O/c6-5(7,8)4-1-2-10(3-11)9-4/h1-3H. The van der Waals surface area contributed by atoms with E-state index in [1.807, 2.05) is 0 Å². The lowest BCUT2D eigenvalue weighted by Crippen LogP contribution is -2.07. The molecule has 0 spiro atoms. The molecule has 1 heterocycles. The fraction of sp³-hybridized carbons (Fsp3) is 0.200. The van der Waals surface area contributed by atoms with Crippen molar-refractivity contribution in [2.75, 3.05) is 0 Å². The lowest BCUT2D eigenvalue weighted by atomic mass is 10.4. The molecular formula is C5H3F3N2O. The highest BCUT2D eigenvalue weighted by Crippen LogP contribution is 2.26. The molecule has 0 fully saturated rings. The maximum absolute atomic E-state index is 11.7. The van der Waals surface area contributed by atoms with Crippen LogP contribution in [0.2, 0.25) is 0 Å². The van der Waals surface area contributed by atoms with Crippen LogP contribution in [0.1, 0.15) is 5.69 Å². The van der Waals surface area contributed by atoms with Crippen LogP contribution in [0.25, 0.3) is 0 Å². The molecule has 0 aliphatic heterocycles. The molecule has 11 heavy (non-hydrogen) atoms. The van der Waals surface area contributed by atoms with Gasteiger partial charge in [0, 0.05) is 6.20 Å². The number of halogens is 3. The molecule has 0 N–H and O–H groups in total. The maximum atomic E-state index is 11.7. The van der Waals surface area contributed by atoms with Gasteiger partial charge in [-0.3, -0.25) is 4.79 Å². The number of hydrogen-bond donors (Lipinski definition) is 0. The average Bonchev–Trinajstić information content (AvgIpc) is 2.32. The van der Waals surface area contributed by atoms with E-state index in [1.54, 1.807) is 0 Å². The summed E-state index contributed by atoms with van der Waals surface area (Å²) in [5, 5.41) is 2.92. The Labute approximate surface area is 59.4 Å². The third-order valence-electron chi connectivity index (χ3n) is 1.01. The van der Waals surface area contributed by atoms with Gasteiger partial charge in [-0.05, 0) is 6.07 Å². The molecule has 60 valence electrons. The third-order valence-corrected chi connectivity index (χ3v) is 1.01. The first kappa shape index (κ1) is 7.77. The van der Waals surface area contributed by atoms with Crippen molar-refractivity contribution in [1.82, 2.24) is 9.78 Å². The Morgan fingerprint density at radius 2 is 2.18 bits per heavy atom. The minimum absolute atomic E-state index is 0.190. The van der Waals surface area contributed by atoms with Crippen molar-refractivity contribution in [3.05, 3.63) is 18.0 Å². The highest BCUT2D eigenvalue weighted by atomic mass is 19.4. The molecule has 0 bridgehead atoms. The van der Waals surface area contributed by atoms with Gasteiger partial charge in [-0.15, -0.1) is 0 Å². The Morgan fingerprint density at radius 3 is 2.45 bits per heavy atom.